The quantitative estimate of drug-likeness (QED) is 0.573. The molecular weight excluding hydrogens is 426 g/mol. The summed E-state index contributed by atoms with van der Waals surface area (Å²) in [5, 5.41) is 7.09. The van der Waals surface area contributed by atoms with Crippen molar-refractivity contribution in [3.63, 3.8) is 0 Å². The summed E-state index contributed by atoms with van der Waals surface area (Å²) >= 11 is 0. The molecule has 4 rings (SSSR count). The van der Waals surface area contributed by atoms with E-state index >= 15 is 0 Å². The minimum Gasteiger partial charge on any atom is -0.335 e. The predicted octanol–water partition coefficient (Wildman–Crippen LogP) is 3.69. The fourth-order valence-electron chi connectivity index (χ4n) is 3.73. The number of carbonyl (C=O) groups excluding carboxylic acids is 1. The van der Waals surface area contributed by atoms with Gasteiger partial charge in [-0.2, -0.15) is 13.2 Å². The number of rotatable bonds is 4. The standard InChI is InChI=1S/C22H21F4N5O/c1-15-4-2-3-5-16(15)14-29-10-12-30(13-11-29)21(32)19-20(22(24,25)26)31(28-27-19)18-8-6-17(23)7-9-18/h2-9H,10-14H2,1H3. The van der Waals surface area contributed by atoms with Crippen LogP contribution in [0.25, 0.3) is 5.69 Å². The van der Waals surface area contributed by atoms with Crippen LogP contribution in [0.1, 0.15) is 27.3 Å². The molecule has 1 fully saturated rings. The van der Waals surface area contributed by atoms with Crippen molar-refractivity contribution in [2.45, 2.75) is 19.6 Å². The summed E-state index contributed by atoms with van der Waals surface area (Å²) in [6, 6.07) is 12.3. The number of benzene rings is 2. The maximum absolute atomic E-state index is 13.8. The topological polar surface area (TPSA) is 54.3 Å². The van der Waals surface area contributed by atoms with Gasteiger partial charge in [0.05, 0.1) is 5.69 Å². The first-order chi connectivity index (χ1) is 15.2. The van der Waals surface area contributed by atoms with Crippen molar-refractivity contribution >= 4 is 5.91 Å². The SMILES string of the molecule is Cc1ccccc1CN1CCN(C(=O)c2nnn(-c3ccc(F)cc3)c2C(F)(F)F)CC1. The first-order valence-electron chi connectivity index (χ1n) is 10.1. The predicted molar refractivity (Wildman–Crippen MR) is 109 cm³/mol. The van der Waals surface area contributed by atoms with Gasteiger partial charge >= 0.3 is 6.18 Å². The number of piperazine rings is 1. The Hall–Kier alpha value is -3.27. The first-order valence-corrected chi connectivity index (χ1v) is 10.1. The third kappa shape index (κ3) is 4.50. The van der Waals surface area contributed by atoms with Crippen LogP contribution in [0.5, 0.6) is 0 Å². The lowest BCUT2D eigenvalue weighted by molar-refractivity contribution is -0.143. The number of hydrogen-bond donors (Lipinski definition) is 0. The smallest absolute Gasteiger partial charge is 0.335 e. The molecule has 2 aromatic carbocycles. The third-order valence-electron chi connectivity index (χ3n) is 5.53. The molecule has 0 bridgehead atoms. The van der Waals surface area contributed by atoms with E-state index in [0.717, 1.165) is 24.3 Å². The summed E-state index contributed by atoms with van der Waals surface area (Å²) in [5.41, 5.74) is 0.283. The van der Waals surface area contributed by atoms with E-state index in [9.17, 15) is 22.4 Å². The average Bonchev–Trinajstić information content (AvgIpc) is 3.22. The van der Waals surface area contributed by atoms with Crippen molar-refractivity contribution in [2.75, 3.05) is 26.2 Å². The van der Waals surface area contributed by atoms with Crippen molar-refractivity contribution < 1.29 is 22.4 Å². The molecule has 1 amide bonds. The maximum Gasteiger partial charge on any atom is 0.435 e. The molecule has 1 aliphatic heterocycles. The Labute approximate surface area is 182 Å². The molecule has 0 atom stereocenters. The highest BCUT2D eigenvalue weighted by molar-refractivity contribution is 5.93. The highest BCUT2D eigenvalue weighted by Gasteiger charge is 2.43. The lowest BCUT2D eigenvalue weighted by atomic mass is 10.1. The van der Waals surface area contributed by atoms with Gasteiger partial charge in [-0.3, -0.25) is 9.69 Å². The number of aryl methyl sites for hydroxylation is 1. The van der Waals surface area contributed by atoms with Gasteiger partial charge in [-0.25, -0.2) is 9.07 Å². The van der Waals surface area contributed by atoms with Gasteiger partial charge in [0.25, 0.3) is 5.91 Å². The molecule has 0 saturated carbocycles. The lowest BCUT2D eigenvalue weighted by Crippen LogP contribution is -2.48. The Morgan fingerprint density at radius 2 is 1.66 bits per heavy atom. The van der Waals surface area contributed by atoms with E-state index in [1.165, 1.54) is 16.0 Å². The van der Waals surface area contributed by atoms with Crippen LogP contribution in [-0.2, 0) is 12.7 Å². The zero-order valence-electron chi connectivity index (χ0n) is 17.3. The zero-order chi connectivity index (χ0) is 22.9. The van der Waals surface area contributed by atoms with Gasteiger partial charge in [0.2, 0.25) is 0 Å². The second kappa shape index (κ2) is 8.70. The molecule has 1 aliphatic rings. The van der Waals surface area contributed by atoms with Gasteiger partial charge in [-0.05, 0) is 42.3 Å². The second-order valence-electron chi connectivity index (χ2n) is 7.67. The number of amides is 1. The van der Waals surface area contributed by atoms with Crippen LogP contribution in [0, 0.1) is 12.7 Å². The van der Waals surface area contributed by atoms with Crippen molar-refractivity contribution in [3.05, 3.63) is 76.9 Å². The van der Waals surface area contributed by atoms with Crippen molar-refractivity contribution in [1.29, 1.82) is 0 Å². The van der Waals surface area contributed by atoms with Crippen molar-refractivity contribution in [2.24, 2.45) is 0 Å². The van der Waals surface area contributed by atoms with Gasteiger partial charge in [0.15, 0.2) is 11.4 Å². The molecule has 1 aromatic heterocycles. The van der Waals surface area contributed by atoms with Crippen LogP contribution in [-0.4, -0.2) is 56.9 Å². The van der Waals surface area contributed by atoms with E-state index in [1.54, 1.807) is 0 Å². The minimum absolute atomic E-state index is 0.0340. The molecule has 10 heteroatoms. The Morgan fingerprint density at radius 3 is 2.28 bits per heavy atom. The van der Waals surface area contributed by atoms with Gasteiger partial charge in [0.1, 0.15) is 5.82 Å². The number of halogens is 4. The fraction of sp³-hybridized carbons (Fsp3) is 0.318. The van der Waals surface area contributed by atoms with Crippen molar-refractivity contribution in [1.82, 2.24) is 24.8 Å². The number of alkyl halides is 3. The van der Waals surface area contributed by atoms with Gasteiger partial charge < -0.3 is 4.90 Å². The molecule has 0 N–H and O–H groups in total. The normalized spacial score (nSPS) is 15.2. The van der Waals surface area contributed by atoms with Crippen LogP contribution in [0.4, 0.5) is 17.6 Å². The van der Waals surface area contributed by atoms with Crippen LogP contribution in [0.15, 0.2) is 48.5 Å². The van der Waals surface area contributed by atoms with E-state index < -0.39 is 29.3 Å². The molecular formula is C22H21F4N5O. The largest absolute Gasteiger partial charge is 0.435 e. The molecule has 0 spiro atoms. The zero-order valence-corrected chi connectivity index (χ0v) is 17.3. The van der Waals surface area contributed by atoms with E-state index in [1.807, 2.05) is 31.2 Å². The molecule has 2 heterocycles. The first kappa shape index (κ1) is 21.9. The summed E-state index contributed by atoms with van der Waals surface area (Å²) in [5.74, 6) is -1.41. The Morgan fingerprint density at radius 1 is 1.00 bits per heavy atom. The van der Waals surface area contributed by atoms with E-state index in [4.69, 9.17) is 0 Å². The Kier molecular flexibility index (Phi) is 5.96. The minimum atomic E-state index is -4.87. The van der Waals surface area contributed by atoms with Gasteiger partial charge in [-0.15, -0.1) is 5.10 Å². The average molecular weight is 447 g/mol. The van der Waals surface area contributed by atoms with Gasteiger partial charge in [-0.1, -0.05) is 29.5 Å². The van der Waals surface area contributed by atoms with Crippen LogP contribution in [0.2, 0.25) is 0 Å². The molecule has 3 aromatic rings. The second-order valence-corrected chi connectivity index (χ2v) is 7.67. The summed E-state index contributed by atoms with van der Waals surface area (Å²) in [7, 11) is 0. The molecule has 32 heavy (non-hydrogen) atoms. The van der Waals surface area contributed by atoms with Crippen LogP contribution < -0.4 is 0 Å². The van der Waals surface area contributed by atoms with E-state index in [-0.39, 0.29) is 18.8 Å². The monoisotopic (exact) mass is 447 g/mol. The number of aromatic nitrogens is 3. The van der Waals surface area contributed by atoms with Gasteiger partial charge in [0, 0.05) is 32.7 Å². The number of nitrogens with zero attached hydrogens (tertiary/aromatic N) is 5. The third-order valence-corrected chi connectivity index (χ3v) is 5.53. The fourth-order valence-corrected chi connectivity index (χ4v) is 3.73. The Bertz CT molecular complexity index is 1100. The van der Waals surface area contributed by atoms with E-state index in [0.29, 0.717) is 24.3 Å². The number of carbonyl (C=O) groups is 1. The highest BCUT2D eigenvalue weighted by Crippen LogP contribution is 2.33. The molecule has 0 unspecified atom stereocenters. The molecule has 1 saturated heterocycles. The van der Waals surface area contributed by atoms with Crippen molar-refractivity contribution in [3.8, 4) is 5.69 Å². The number of hydrogen-bond acceptors (Lipinski definition) is 4. The summed E-state index contributed by atoms with van der Waals surface area (Å²) in [6.07, 6.45) is -4.87. The molecule has 6 nitrogen and oxygen atoms in total. The molecule has 168 valence electrons. The highest BCUT2D eigenvalue weighted by atomic mass is 19.4. The summed E-state index contributed by atoms with van der Waals surface area (Å²) in [6.45, 7) is 4.37. The van der Waals surface area contributed by atoms with Crippen LogP contribution >= 0.6 is 0 Å². The lowest BCUT2D eigenvalue weighted by Gasteiger charge is -2.34. The van der Waals surface area contributed by atoms with E-state index in [2.05, 4.69) is 15.2 Å². The summed E-state index contributed by atoms with van der Waals surface area (Å²) < 4.78 is 55.2. The summed E-state index contributed by atoms with van der Waals surface area (Å²) in [4.78, 5) is 16.4. The molecule has 0 radical (unpaired) electrons. The maximum atomic E-state index is 13.8. The Balaban J connectivity index is 1.51. The van der Waals surface area contributed by atoms with Crippen LogP contribution in [0.3, 0.4) is 0 Å². The molecule has 0 aliphatic carbocycles.